The van der Waals surface area contributed by atoms with Crippen molar-refractivity contribution in [1.82, 2.24) is 19.9 Å². The average Bonchev–Trinajstić information content (AvgIpc) is 3.55. The van der Waals surface area contributed by atoms with E-state index in [0.717, 1.165) is 22.3 Å². The van der Waals surface area contributed by atoms with Crippen LogP contribution in [0.3, 0.4) is 0 Å². The van der Waals surface area contributed by atoms with Crippen molar-refractivity contribution >= 4 is 11.9 Å². The minimum atomic E-state index is -1.09. The second kappa shape index (κ2) is 10.6. The van der Waals surface area contributed by atoms with Crippen molar-refractivity contribution in [2.75, 3.05) is 6.61 Å². The van der Waals surface area contributed by atoms with Gasteiger partial charge in [0.2, 0.25) is 5.91 Å². The number of aliphatic hydroxyl groups is 1. The lowest BCUT2D eigenvalue weighted by atomic mass is 10.0. The highest BCUT2D eigenvalue weighted by atomic mass is 16.4. The minimum absolute atomic E-state index is 0.295. The summed E-state index contributed by atoms with van der Waals surface area (Å²) in [5.41, 5.74) is 4.05. The van der Waals surface area contributed by atoms with Crippen molar-refractivity contribution in [3.63, 3.8) is 0 Å². The van der Waals surface area contributed by atoms with E-state index in [4.69, 9.17) is 0 Å². The molecule has 4 rings (SSSR count). The zero-order chi connectivity index (χ0) is 23.9. The van der Waals surface area contributed by atoms with E-state index in [1.165, 1.54) is 0 Å². The molecule has 2 aromatic carbocycles. The Kier molecular flexibility index (Phi) is 7.19. The van der Waals surface area contributed by atoms with E-state index in [1.807, 2.05) is 60.7 Å². The molecule has 1 amide bonds. The van der Waals surface area contributed by atoms with E-state index in [1.54, 1.807) is 29.4 Å². The van der Waals surface area contributed by atoms with Gasteiger partial charge in [0.1, 0.15) is 11.9 Å². The Morgan fingerprint density at radius 1 is 0.971 bits per heavy atom. The number of carbonyl (C=O) groups excluding carboxylic acids is 1. The first kappa shape index (κ1) is 23.0. The third kappa shape index (κ3) is 5.60. The van der Waals surface area contributed by atoms with Crippen LogP contribution in [0.15, 0.2) is 85.5 Å². The number of rotatable bonds is 10. The summed E-state index contributed by atoms with van der Waals surface area (Å²) in [5.74, 6) is -0.944. The van der Waals surface area contributed by atoms with Crippen LogP contribution in [0.2, 0.25) is 0 Å². The van der Waals surface area contributed by atoms with E-state index >= 15 is 0 Å². The predicted octanol–water partition coefficient (Wildman–Crippen LogP) is 3.28. The van der Waals surface area contributed by atoms with Crippen LogP contribution in [-0.2, 0) is 16.0 Å². The van der Waals surface area contributed by atoms with Crippen LogP contribution in [0.4, 0.5) is 0 Å². The van der Waals surface area contributed by atoms with Crippen LogP contribution in [0.25, 0.3) is 22.3 Å². The smallest absolute Gasteiger partial charge is 0.306 e. The molecule has 8 nitrogen and oxygen atoms in total. The normalized spacial score (nSPS) is 12.7. The maximum absolute atomic E-state index is 13.0. The number of benzene rings is 2. The highest BCUT2D eigenvalue weighted by Gasteiger charge is 2.26. The number of aliphatic hydroxyl groups excluding tert-OH is 1. The number of amides is 1. The molecule has 4 aromatic rings. The molecule has 2 atom stereocenters. The number of aromatic amines is 1. The molecule has 4 N–H and O–H groups in total. The number of aliphatic carboxylic acids is 1. The second-order valence-electron chi connectivity index (χ2n) is 8.03. The van der Waals surface area contributed by atoms with Gasteiger partial charge in [-0.05, 0) is 28.3 Å². The van der Waals surface area contributed by atoms with Crippen molar-refractivity contribution in [1.29, 1.82) is 0 Å². The van der Waals surface area contributed by atoms with Gasteiger partial charge >= 0.3 is 5.97 Å². The summed E-state index contributed by atoms with van der Waals surface area (Å²) < 4.78 is 1.60. The molecule has 34 heavy (non-hydrogen) atoms. The van der Waals surface area contributed by atoms with E-state index < -0.39 is 24.0 Å². The molecule has 0 radical (unpaired) electrons. The van der Waals surface area contributed by atoms with E-state index in [2.05, 4.69) is 15.3 Å². The molecule has 0 unspecified atom stereocenters. The quantitative estimate of drug-likeness (QED) is 0.291. The molecule has 2 heterocycles. The highest BCUT2D eigenvalue weighted by Crippen LogP contribution is 2.26. The molecule has 174 valence electrons. The Bertz CT molecular complexity index is 1220. The summed E-state index contributed by atoms with van der Waals surface area (Å²) in [6, 6.07) is 18.4. The average molecular weight is 459 g/mol. The fourth-order valence-electron chi connectivity index (χ4n) is 3.86. The van der Waals surface area contributed by atoms with E-state index in [9.17, 15) is 19.8 Å². The molecular formula is C26H26N4O4. The van der Waals surface area contributed by atoms with E-state index in [0.29, 0.717) is 12.2 Å². The monoisotopic (exact) mass is 458 g/mol. The van der Waals surface area contributed by atoms with Gasteiger partial charge in [0.15, 0.2) is 0 Å². The Hall–Kier alpha value is -4.17. The lowest BCUT2D eigenvalue weighted by Crippen LogP contribution is -2.43. The molecule has 0 bridgehead atoms. The topological polar surface area (TPSA) is 120 Å². The Morgan fingerprint density at radius 2 is 1.65 bits per heavy atom. The second-order valence-corrected chi connectivity index (χ2v) is 8.03. The largest absolute Gasteiger partial charge is 0.481 e. The molecule has 0 fully saturated rings. The third-order valence-corrected chi connectivity index (χ3v) is 5.63. The molecule has 0 saturated heterocycles. The van der Waals surface area contributed by atoms with Gasteiger partial charge in [0, 0.05) is 31.2 Å². The summed E-state index contributed by atoms with van der Waals surface area (Å²) in [5, 5.41) is 21.8. The first-order chi connectivity index (χ1) is 16.5. The number of carboxylic acid groups (broad SMARTS) is 1. The number of H-pyrrole nitrogens is 1. The fraction of sp³-hybridized carbons (Fsp3) is 0.192. The van der Waals surface area contributed by atoms with Crippen LogP contribution in [0, 0.1) is 0 Å². The van der Waals surface area contributed by atoms with Gasteiger partial charge in [-0.1, -0.05) is 54.6 Å². The van der Waals surface area contributed by atoms with Crippen LogP contribution >= 0.6 is 0 Å². The highest BCUT2D eigenvalue weighted by molar-refractivity contribution is 5.85. The number of nitrogens with one attached hydrogen (secondary N) is 2. The number of nitrogens with zero attached hydrogens (tertiary/aromatic N) is 2. The van der Waals surface area contributed by atoms with Crippen molar-refractivity contribution in [2.24, 2.45) is 0 Å². The van der Waals surface area contributed by atoms with Crippen molar-refractivity contribution in [3.05, 3.63) is 91.3 Å². The number of carbonyl (C=O) groups is 2. The number of hydrogen-bond donors (Lipinski definition) is 4. The summed E-state index contributed by atoms with van der Waals surface area (Å²) in [7, 11) is 0. The van der Waals surface area contributed by atoms with Gasteiger partial charge in [-0.25, -0.2) is 4.98 Å². The van der Waals surface area contributed by atoms with Crippen molar-refractivity contribution in [2.45, 2.75) is 24.9 Å². The zero-order valence-corrected chi connectivity index (χ0v) is 18.5. The Labute approximate surface area is 196 Å². The van der Waals surface area contributed by atoms with E-state index in [-0.39, 0.29) is 13.0 Å². The molecule has 0 aliphatic carbocycles. The molecule has 0 saturated carbocycles. The van der Waals surface area contributed by atoms with Crippen LogP contribution in [-0.4, -0.2) is 49.3 Å². The Balaban J connectivity index is 1.50. The van der Waals surface area contributed by atoms with Crippen LogP contribution in [0.5, 0.6) is 0 Å². The SMILES string of the molecule is O=C(O)C[C@H](C(=O)N[C@H](CO)Cc1ncc[nH]1)n1ccc(-c2ccc(-c3ccccc3)cc2)c1. The van der Waals surface area contributed by atoms with Crippen molar-refractivity contribution in [3.8, 4) is 22.3 Å². The van der Waals surface area contributed by atoms with Gasteiger partial charge in [-0.3, -0.25) is 9.59 Å². The minimum Gasteiger partial charge on any atom is -0.481 e. The van der Waals surface area contributed by atoms with Gasteiger partial charge in [0.25, 0.3) is 0 Å². The number of aromatic nitrogens is 3. The number of carboxylic acids is 1. The third-order valence-electron chi connectivity index (χ3n) is 5.63. The lowest BCUT2D eigenvalue weighted by Gasteiger charge is -2.21. The molecule has 2 aromatic heterocycles. The summed E-state index contributed by atoms with van der Waals surface area (Å²) >= 11 is 0. The molecule has 8 heteroatoms. The first-order valence-electron chi connectivity index (χ1n) is 11.0. The maximum atomic E-state index is 13.0. The molecule has 0 spiro atoms. The summed E-state index contributed by atoms with van der Waals surface area (Å²) in [4.78, 5) is 31.5. The number of imidazole rings is 1. The molecule has 0 aliphatic heterocycles. The lowest BCUT2D eigenvalue weighted by molar-refractivity contribution is -0.140. The predicted molar refractivity (Wildman–Crippen MR) is 128 cm³/mol. The van der Waals surface area contributed by atoms with Gasteiger partial charge < -0.3 is 25.1 Å². The maximum Gasteiger partial charge on any atom is 0.306 e. The first-order valence-corrected chi connectivity index (χ1v) is 11.0. The van der Waals surface area contributed by atoms with Crippen LogP contribution in [0.1, 0.15) is 18.3 Å². The van der Waals surface area contributed by atoms with Gasteiger partial charge in [-0.2, -0.15) is 0 Å². The fourth-order valence-corrected chi connectivity index (χ4v) is 3.86. The zero-order valence-electron chi connectivity index (χ0n) is 18.5. The van der Waals surface area contributed by atoms with Crippen molar-refractivity contribution < 1.29 is 19.8 Å². The summed E-state index contributed by atoms with van der Waals surface area (Å²) in [6.07, 6.45) is 6.64. The molecule has 0 aliphatic rings. The van der Waals surface area contributed by atoms with Gasteiger partial charge in [-0.15, -0.1) is 0 Å². The van der Waals surface area contributed by atoms with Gasteiger partial charge in [0.05, 0.1) is 19.1 Å². The summed E-state index contributed by atoms with van der Waals surface area (Å²) in [6.45, 7) is -0.295. The Morgan fingerprint density at radius 3 is 2.26 bits per heavy atom. The van der Waals surface area contributed by atoms with Crippen LogP contribution < -0.4 is 5.32 Å². The number of hydrogen-bond acceptors (Lipinski definition) is 4. The molecular weight excluding hydrogens is 432 g/mol. The standard InChI is InChI=1S/C26H26N4O4/c31-17-22(14-24-27-11-12-28-24)29-26(34)23(15-25(32)33)30-13-10-21(16-30)20-8-6-19(7-9-20)18-4-2-1-3-5-18/h1-13,16,22-23,31H,14-15,17H2,(H,27,28)(H,29,34)(H,32,33)/t22-,23+/m0/s1.